The van der Waals surface area contributed by atoms with Crippen molar-refractivity contribution in [3.63, 3.8) is 0 Å². The standard InChI is InChI=1S/C21H23N3/c1-13-9-20(16(4)22-12-13)21-10-14(2)19(17(5)24-21)11-18-8-6-7-15(3)23-18/h6-10,12H,11H2,1-5H3. The van der Waals surface area contributed by atoms with Crippen LogP contribution in [0.15, 0.2) is 36.5 Å². The molecule has 0 fully saturated rings. The third kappa shape index (κ3) is 3.35. The largest absolute Gasteiger partial charge is 0.261 e. The number of hydrogen-bond donors (Lipinski definition) is 0. The average Bonchev–Trinajstić information content (AvgIpc) is 2.53. The molecule has 3 rings (SSSR count). The molecule has 0 aromatic carbocycles. The maximum absolute atomic E-state index is 4.86. The molecule has 3 heteroatoms. The van der Waals surface area contributed by atoms with Gasteiger partial charge in [0.15, 0.2) is 0 Å². The molecule has 0 bridgehead atoms. The SMILES string of the molecule is Cc1cnc(C)c(-c2cc(C)c(Cc3cccc(C)n3)c(C)n2)c1. The van der Waals surface area contributed by atoms with Gasteiger partial charge < -0.3 is 0 Å². The first-order valence-electron chi connectivity index (χ1n) is 8.27. The van der Waals surface area contributed by atoms with Gasteiger partial charge in [0.25, 0.3) is 0 Å². The lowest BCUT2D eigenvalue weighted by molar-refractivity contribution is 0.989. The molecule has 0 aliphatic heterocycles. The molecule has 0 unspecified atom stereocenters. The van der Waals surface area contributed by atoms with Crippen molar-refractivity contribution in [3.8, 4) is 11.3 Å². The molecule has 3 nitrogen and oxygen atoms in total. The highest BCUT2D eigenvalue weighted by atomic mass is 14.7. The van der Waals surface area contributed by atoms with Gasteiger partial charge in [-0.15, -0.1) is 0 Å². The van der Waals surface area contributed by atoms with Gasteiger partial charge in [0, 0.05) is 41.0 Å². The van der Waals surface area contributed by atoms with Gasteiger partial charge in [0.1, 0.15) is 0 Å². The molecular formula is C21H23N3. The first kappa shape index (κ1) is 16.3. The van der Waals surface area contributed by atoms with Crippen LogP contribution in [0.3, 0.4) is 0 Å². The summed E-state index contributed by atoms with van der Waals surface area (Å²) < 4.78 is 0. The Labute approximate surface area is 143 Å². The van der Waals surface area contributed by atoms with Gasteiger partial charge in [0.2, 0.25) is 0 Å². The van der Waals surface area contributed by atoms with E-state index in [1.54, 1.807) is 0 Å². The fourth-order valence-corrected chi connectivity index (χ4v) is 3.04. The molecule has 0 radical (unpaired) electrons. The summed E-state index contributed by atoms with van der Waals surface area (Å²) >= 11 is 0. The minimum Gasteiger partial charge on any atom is -0.261 e. The Kier molecular flexibility index (Phi) is 4.43. The number of aryl methyl sites for hydroxylation is 5. The van der Waals surface area contributed by atoms with Gasteiger partial charge in [-0.2, -0.15) is 0 Å². The summed E-state index contributed by atoms with van der Waals surface area (Å²) in [6, 6.07) is 10.5. The minimum absolute atomic E-state index is 0.817. The van der Waals surface area contributed by atoms with E-state index in [9.17, 15) is 0 Å². The lowest BCUT2D eigenvalue weighted by Gasteiger charge is -2.13. The monoisotopic (exact) mass is 317 g/mol. The third-order valence-corrected chi connectivity index (χ3v) is 4.36. The van der Waals surface area contributed by atoms with E-state index in [2.05, 4.69) is 55.0 Å². The molecule has 3 aromatic heterocycles. The predicted molar refractivity (Wildman–Crippen MR) is 98.2 cm³/mol. The Balaban J connectivity index is 2.01. The highest BCUT2D eigenvalue weighted by Gasteiger charge is 2.12. The van der Waals surface area contributed by atoms with Crippen molar-refractivity contribution < 1.29 is 0 Å². The molecule has 3 aromatic rings. The fraction of sp³-hybridized carbons (Fsp3) is 0.286. The first-order chi connectivity index (χ1) is 11.4. The molecule has 0 atom stereocenters. The molecular weight excluding hydrogens is 294 g/mol. The lowest BCUT2D eigenvalue weighted by Crippen LogP contribution is -2.03. The third-order valence-electron chi connectivity index (χ3n) is 4.36. The number of hydrogen-bond acceptors (Lipinski definition) is 3. The van der Waals surface area contributed by atoms with Crippen LogP contribution in [-0.2, 0) is 6.42 Å². The number of rotatable bonds is 3. The van der Waals surface area contributed by atoms with Crippen LogP contribution >= 0.6 is 0 Å². The number of pyridine rings is 3. The van der Waals surface area contributed by atoms with E-state index in [1.165, 1.54) is 11.1 Å². The number of nitrogens with zero attached hydrogens (tertiary/aromatic N) is 3. The minimum atomic E-state index is 0.817. The Morgan fingerprint density at radius 1 is 0.875 bits per heavy atom. The van der Waals surface area contributed by atoms with Crippen LogP contribution in [0.4, 0.5) is 0 Å². The molecule has 0 saturated carbocycles. The van der Waals surface area contributed by atoms with Crippen LogP contribution in [0, 0.1) is 34.6 Å². The van der Waals surface area contributed by atoms with Crippen LogP contribution in [0.25, 0.3) is 11.3 Å². The van der Waals surface area contributed by atoms with Crippen LogP contribution in [0.1, 0.15) is 39.5 Å². The Morgan fingerprint density at radius 3 is 2.38 bits per heavy atom. The van der Waals surface area contributed by atoms with E-state index < -0.39 is 0 Å². The van der Waals surface area contributed by atoms with Gasteiger partial charge in [-0.3, -0.25) is 15.0 Å². The van der Waals surface area contributed by atoms with Gasteiger partial charge in [-0.1, -0.05) is 6.07 Å². The van der Waals surface area contributed by atoms with Crippen molar-refractivity contribution in [2.45, 2.75) is 41.0 Å². The zero-order valence-electron chi connectivity index (χ0n) is 15.0. The Bertz CT molecular complexity index is 874. The summed E-state index contributed by atoms with van der Waals surface area (Å²) in [5.41, 5.74) is 9.99. The van der Waals surface area contributed by atoms with E-state index in [0.717, 1.165) is 46.0 Å². The van der Waals surface area contributed by atoms with E-state index >= 15 is 0 Å². The topological polar surface area (TPSA) is 38.7 Å². The molecule has 0 spiro atoms. The maximum Gasteiger partial charge on any atom is 0.0726 e. The van der Waals surface area contributed by atoms with Crippen molar-refractivity contribution in [3.05, 3.63) is 76.0 Å². The Hall–Kier alpha value is -2.55. The zero-order chi connectivity index (χ0) is 17.3. The van der Waals surface area contributed by atoms with E-state index in [4.69, 9.17) is 4.98 Å². The average molecular weight is 317 g/mol. The van der Waals surface area contributed by atoms with Gasteiger partial charge in [-0.25, -0.2) is 0 Å². The molecule has 122 valence electrons. The maximum atomic E-state index is 4.86. The quantitative estimate of drug-likeness (QED) is 0.704. The summed E-state index contributed by atoms with van der Waals surface area (Å²) in [5.74, 6) is 0. The van der Waals surface area contributed by atoms with Crippen LogP contribution in [0.2, 0.25) is 0 Å². The summed E-state index contributed by atoms with van der Waals surface area (Å²) in [6.07, 6.45) is 2.72. The van der Waals surface area contributed by atoms with Gasteiger partial charge >= 0.3 is 0 Å². The van der Waals surface area contributed by atoms with E-state index in [0.29, 0.717) is 0 Å². The van der Waals surface area contributed by atoms with Crippen LogP contribution in [0.5, 0.6) is 0 Å². The summed E-state index contributed by atoms with van der Waals surface area (Å²) in [5, 5.41) is 0. The summed E-state index contributed by atoms with van der Waals surface area (Å²) in [6.45, 7) is 10.4. The predicted octanol–water partition coefficient (Wildman–Crippen LogP) is 4.67. The smallest absolute Gasteiger partial charge is 0.0726 e. The Morgan fingerprint density at radius 2 is 1.67 bits per heavy atom. The second kappa shape index (κ2) is 6.52. The van der Waals surface area contributed by atoms with Crippen molar-refractivity contribution in [2.75, 3.05) is 0 Å². The molecule has 0 saturated heterocycles. The molecule has 0 N–H and O–H groups in total. The van der Waals surface area contributed by atoms with Crippen LogP contribution in [-0.4, -0.2) is 15.0 Å². The second-order valence-electron chi connectivity index (χ2n) is 6.48. The van der Waals surface area contributed by atoms with Crippen molar-refractivity contribution >= 4 is 0 Å². The van der Waals surface area contributed by atoms with Gasteiger partial charge in [0.05, 0.1) is 5.69 Å². The van der Waals surface area contributed by atoms with E-state index in [-0.39, 0.29) is 0 Å². The van der Waals surface area contributed by atoms with Crippen LogP contribution < -0.4 is 0 Å². The first-order valence-corrected chi connectivity index (χ1v) is 8.27. The molecule has 0 aliphatic rings. The lowest BCUT2D eigenvalue weighted by atomic mass is 9.98. The zero-order valence-corrected chi connectivity index (χ0v) is 15.0. The molecule has 24 heavy (non-hydrogen) atoms. The molecule has 0 amide bonds. The number of aromatic nitrogens is 3. The summed E-state index contributed by atoms with van der Waals surface area (Å²) in [4.78, 5) is 13.9. The highest BCUT2D eigenvalue weighted by Crippen LogP contribution is 2.26. The second-order valence-corrected chi connectivity index (χ2v) is 6.48. The van der Waals surface area contributed by atoms with Crippen molar-refractivity contribution in [2.24, 2.45) is 0 Å². The van der Waals surface area contributed by atoms with Crippen molar-refractivity contribution in [1.29, 1.82) is 0 Å². The normalized spacial score (nSPS) is 10.9. The fourth-order valence-electron chi connectivity index (χ4n) is 3.04. The van der Waals surface area contributed by atoms with Crippen molar-refractivity contribution in [1.82, 2.24) is 15.0 Å². The summed E-state index contributed by atoms with van der Waals surface area (Å²) in [7, 11) is 0. The van der Waals surface area contributed by atoms with Gasteiger partial charge in [-0.05, 0) is 75.6 Å². The molecule has 3 heterocycles. The highest BCUT2D eigenvalue weighted by molar-refractivity contribution is 5.64. The van der Waals surface area contributed by atoms with E-state index in [1.807, 2.05) is 26.1 Å². The molecule has 0 aliphatic carbocycles.